The lowest BCUT2D eigenvalue weighted by Crippen LogP contribution is -2.00. The minimum Gasteiger partial charge on any atom is -0.454 e. The summed E-state index contributed by atoms with van der Waals surface area (Å²) in [6.45, 7) is 0. The number of nitrogens with zero attached hydrogens (tertiary/aromatic N) is 4. The third kappa shape index (κ3) is 3.29. The zero-order valence-electron chi connectivity index (χ0n) is 21.7. The van der Waals surface area contributed by atoms with Crippen LogP contribution in [0.2, 0.25) is 0 Å². The number of hydrogen-bond acceptors (Lipinski definition) is 5. The lowest BCUT2D eigenvalue weighted by Gasteiger charge is -2.11. The zero-order valence-corrected chi connectivity index (χ0v) is 21.7. The Morgan fingerprint density at radius 3 is 2.05 bits per heavy atom. The molecule has 0 unspecified atom stereocenters. The highest BCUT2D eigenvalue weighted by Gasteiger charge is 2.23. The Hall–Kier alpha value is -5.68. The highest BCUT2D eigenvalue weighted by atomic mass is 16.3. The van der Waals surface area contributed by atoms with Crippen LogP contribution in [0.5, 0.6) is 0 Å². The van der Waals surface area contributed by atoms with E-state index in [1.807, 2.05) is 54.6 Å². The van der Waals surface area contributed by atoms with Crippen LogP contribution in [0.3, 0.4) is 0 Å². The first-order valence-corrected chi connectivity index (χ1v) is 13.6. The predicted molar refractivity (Wildman–Crippen MR) is 163 cm³/mol. The molecule has 9 rings (SSSR count). The molecule has 1 aliphatic carbocycles. The van der Waals surface area contributed by atoms with Crippen LogP contribution in [0.4, 0.5) is 0 Å². The van der Waals surface area contributed by atoms with Gasteiger partial charge in [0.2, 0.25) is 0 Å². The van der Waals surface area contributed by atoms with Gasteiger partial charge in [-0.2, -0.15) is 0 Å². The van der Waals surface area contributed by atoms with Crippen LogP contribution in [0.15, 0.2) is 126 Å². The van der Waals surface area contributed by atoms with E-state index in [2.05, 4.69) is 59.6 Å². The summed E-state index contributed by atoms with van der Waals surface area (Å²) in [7, 11) is 0. The van der Waals surface area contributed by atoms with E-state index in [0.29, 0.717) is 17.5 Å². The summed E-state index contributed by atoms with van der Waals surface area (Å²) in [5.41, 5.74) is 9.28. The van der Waals surface area contributed by atoms with E-state index in [4.69, 9.17) is 19.4 Å². The third-order valence-electron chi connectivity index (χ3n) is 7.95. The van der Waals surface area contributed by atoms with E-state index >= 15 is 0 Å². The van der Waals surface area contributed by atoms with Crippen molar-refractivity contribution >= 4 is 32.7 Å². The predicted octanol–water partition coefficient (Wildman–Crippen LogP) is 8.97. The monoisotopic (exact) mass is 524 g/mol. The number of hydrogen-bond donors (Lipinski definition) is 0. The molecular weight excluding hydrogens is 504 g/mol. The van der Waals surface area contributed by atoms with Crippen LogP contribution in [-0.4, -0.2) is 19.9 Å². The van der Waals surface area contributed by atoms with Crippen LogP contribution in [0.1, 0.15) is 0 Å². The molecule has 0 saturated heterocycles. The minimum absolute atomic E-state index is 0.602. The van der Waals surface area contributed by atoms with Gasteiger partial charge in [0.05, 0.1) is 6.20 Å². The van der Waals surface area contributed by atoms with Gasteiger partial charge in [0.1, 0.15) is 5.58 Å². The second-order valence-corrected chi connectivity index (χ2v) is 10.3. The first kappa shape index (κ1) is 22.2. The number of furan rings is 1. The molecule has 3 heterocycles. The molecule has 0 radical (unpaired) electrons. The molecule has 3 aromatic heterocycles. The summed E-state index contributed by atoms with van der Waals surface area (Å²) >= 11 is 0. The first-order valence-electron chi connectivity index (χ1n) is 13.6. The summed E-state index contributed by atoms with van der Waals surface area (Å²) in [6, 6.07) is 37.6. The van der Waals surface area contributed by atoms with Crippen molar-refractivity contribution < 1.29 is 4.42 Å². The number of pyridine rings is 1. The fourth-order valence-corrected chi connectivity index (χ4v) is 6.16. The number of rotatable bonds is 3. The van der Waals surface area contributed by atoms with Crippen molar-refractivity contribution in [3.05, 3.63) is 122 Å². The quantitative estimate of drug-likeness (QED) is 0.231. The fourth-order valence-electron chi connectivity index (χ4n) is 6.16. The summed E-state index contributed by atoms with van der Waals surface area (Å²) in [5, 5.41) is 4.40. The van der Waals surface area contributed by atoms with Gasteiger partial charge >= 0.3 is 0 Å². The van der Waals surface area contributed by atoms with Crippen molar-refractivity contribution in [2.75, 3.05) is 0 Å². The van der Waals surface area contributed by atoms with Gasteiger partial charge in [0, 0.05) is 33.7 Å². The Balaban J connectivity index is 1.33. The maximum absolute atomic E-state index is 6.13. The van der Waals surface area contributed by atoms with Crippen LogP contribution in [0, 0.1) is 0 Å². The maximum Gasteiger partial charge on any atom is 0.164 e. The highest BCUT2D eigenvalue weighted by molar-refractivity contribution is 6.16. The average Bonchev–Trinajstić information content (AvgIpc) is 3.58. The molecule has 1 aliphatic rings. The van der Waals surface area contributed by atoms with Crippen LogP contribution in [0.25, 0.3) is 89.1 Å². The molecule has 0 amide bonds. The van der Waals surface area contributed by atoms with Crippen molar-refractivity contribution in [3.8, 4) is 56.4 Å². The molecule has 0 atom stereocenters. The first-order chi connectivity index (χ1) is 20.3. The summed E-state index contributed by atoms with van der Waals surface area (Å²) < 4.78 is 6.13. The van der Waals surface area contributed by atoms with E-state index < -0.39 is 0 Å². The van der Waals surface area contributed by atoms with E-state index in [1.54, 1.807) is 12.4 Å². The Labute approximate surface area is 234 Å². The molecule has 8 aromatic rings. The van der Waals surface area contributed by atoms with Gasteiger partial charge in [-0.05, 0) is 57.3 Å². The summed E-state index contributed by atoms with van der Waals surface area (Å²) in [6.07, 6.45) is 3.53. The molecule has 0 spiro atoms. The molecule has 0 fully saturated rings. The fraction of sp³-hybridized carbons (Fsp3) is 0. The van der Waals surface area contributed by atoms with Crippen LogP contribution < -0.4 is 0 Å². The molecule has 0 aliphatic heterocycles. The van der Waals surface area contributed by atoms with Gasteiger partial charge in [-0.3, -0.25) is 4.98 Å². The van der Waals surface area contributed by atoms with E-state index in [-0.39, 0.29) is 0 Å². The van der Waals surface area contributed by atoms with Crippen molar-refractivity contribution in [2.24, 2.45) is 0 Å². The summed E-state index contributed by atoms with van der Waals surface area (Å²) in [4.78, 5) is 19.4. The van der Waals surface area contributed by atoms with Gasteiger partial charge in [-0.15, -0.1) is 0 Å². The second-order valence-electron chi connectivity index (χ2n) is 10.3. The molecule has 0 N–H and O–H groups in total. The molecule has 5 aromatic carbocycles. The van der Waals surface area contributed by atoms with Gasteiger partial charge < -0.3 is 4.42 Å². The van der Waals surface area contributed by atoms with E-state index in [0.717, 1.165) is 38.6 Å². The van der Waals surface area contributed by atoms with Crippen molar-refractivity contribution in [1.29, 1.82) is 0 Å². The molecule has 0 saturated carbocycles. The van der Waals surface area contributed by atoms with Crippen molar-refractivity contribution in [3.63, 3.8) is 0 Å². The van der Waals surface area contributed by atoms with Gasteiger partial charge in [0.25, 0.3) is 0 Å². The van der Waals surface area contributed by atoms with Gasteiger partial charge in [-0.1, -0.05) is 84.9 Å². The van der Waals surface area contributed by atoms with Crippen LogP contribution in [-0.2, 0) is 0 Å². The second kappa shape index (κ2) is 8.41. The standard InChI is InChI=1S/C36H20N4O/c1-2-8-21(9-3-1)34-38-35(23-18-22-10-6-13-26-24-11-4-5-12-25(24)29(19-23)32(22)26)40-36(39-34)28-14-7-15-30-33(28)27-16-17-37-20-31(27)41-30/h1-20H. The molecule has 5 heteroatoms. The van der Waals surface area contributed by atoms with E-state index in [9.17, 15) is 0 Å². The van der Waals surface area contributed by atoms with E-state index in [1.165, 1.54) is 33.0 Å². The smallest absolute Gasteiger partial charge is 0.164 e. The van der Waals surface area contributed by atoms with Gasteiger partial charge in [-0.25, -0.2) is 15.0 Å². The summed E-state index contributed by atoms with van der Waals surface area (Å²) in [5.74, 6) is 1.86. The molecule has 41 heavy (non-hydrogen) atoms. The Bertz CT molecular complexity index is 2320. The Morgan fingerprint density at radius 1 is 0.463 bits per heavy atom. The maximum atomic E-state index is 6.13. The number of fused-ring (bicyclic) bond motifs is 6. The largest absolute Gasteiger partial charge is 0.454 e. The highest BCUT2D eigenvalue weighted by Crippen LogP contribution is 2.48. The normalized spacial score (nSPS) is 11.9. The molecule has 0 bridgehead atoms. The van der Waals surface area contributed by atoms with Crippen LogP contribution >= 0.6 is 0 Å². The lowest BCUT2D eigenvalue weighted by atomic mass is 9.99. The number of aromatic nitrogens is 4. The van der Waals surface area contributed by atoms with Crippen molar-refractivity contribution in [2.45, 2.75) is 0 Å². The average molecular weight is 525 g/mol. The van der Waals surface area contributed by atoms with Crippen molar-refractivity contribution in [1.82, 2.24) is 19.9 Å². The lowest BCUT2D eigenvalue weighted by molar-refractivity contribution is 0.667. The SMILES string of the molecule is c1ccc(-c2nc(-c3cc4c5c(cccc5c3)-c3ccccc3-4)nc(-c3cccc4oc5cnccc5c34)n2)cc1. The molecule has 5 nitrogen and oxygen atoms in total. The topological polar surface area (TPSA) is 64.7 Å². The third-order valence-corrected chi connectivity index (χ3v) is 7.95. The molecular formula is C36H20N4O. The zero-order chi connectivity index (χ0) is 26.9. The number of benzene rings is 5. The molecule has 190 valence electrons. The Kier molecular flexibility index (Phi) is 4.55. The van der Waals surface area contributed by atoms with Gasteiger partial charge in [0.15, 0.2) is 23.1 Å². The minimum atomic E-state index is 0.602. The Morgan fingerprint density at radius 2 is 1.17 bits per heavy atom.